The molecule has 0 bridgehead atoms. The van der Waals surface area contributed by atoms with Crippen LogP contribution in [0.4, 0.5) is 0 Å². The van der Waals surface area contributed by atoms with Crippen LogP contribution >= 0.6 is 11.6 Å². The van der Waals surface area contributed by atoms with Gasteiger partial charge < -0.3 is 0 Å². The number of hydrogen-bond acceptors (Lipinski definition) is 2. The summed E-state index contributed by atoms with van der Waals surface area (Å²) in [6.07, 6.45) is 0. The second-order valence-corrected chi connectivity index (χ2v) is 4.24. The van der Waals surface area contributed by atoms with Crippen molar-refractivity contribution in [2.45, 2.75) is 13.5 Å². The summed E-state index contributed by atoms with van der Waals surface area (Å²) in [6, 6.07) is 8.83. The minimum absolute atomic E-state index is 0.0557. The van der Waals surface area contributed by atoms with E-state index in [1.165, 1.54) is 6.07 Å². The Hall–Kier alpha value is -1.81. The average Bonchev–Trinajstić information content (AvgIpc) is 2.26. The molecule has 0 spiro atoms. The standard InChI is InChI=1S/C12H11ClN2O2/c1-8-2-4-9(5-3-8)7-15-11(16)6-10(13)14-12(15)17/h2-6H,7H2,1H3,(H,14,17). The Morgan fingerprint density at radius 3 is 2.47 bits per heavy atom. The summed E-state index contributed by atoms with van der Waals surface area (Å²) in [7, 11) is 0. The summed E-state index contributed by atoms with van der Waals surface area (Å²) < 4.78 is 1.11. The van der Waals surface area contributed by atoms with Gasteiger partial charge in [-0.15, -0.1) is 0 Å². The molecular formula is C12H11ClN2O2. The first-order valence-electron chi connectivity index (χ1n) is 5.11. The molecule has 5 heteroatoms. The SMILES string of the molecule is Cc1ccc(Cn2c(=O)cc(Cl)[nH]c2=O)cc1. The lowest BCUT2D eigenvalue weighted by molar-refractivity contribution is 0.699. The number of aromatic nitrogens is 2. The van der Waals surface area contributed by atoms with E-state index in [1.54, 1.807) is 0 Å². The number of nitrogens with zero attached hydrogens (tertiary/aromatic N) is 1. The maximum Gasteiger partial charge on any atom is 0.329 e. The molecule has 0 saturated heterocycles. The number of halogens is 1. The van der Waals surface area contributed by atoms with Crippen molar-refractivity contribution in [1.82, 2.24) is 9.55 Å². The molecule has 0 aliphatic rings. The molecule has 0 saturated carbocycles. The van der Waals surface area contributed by atoms with Gasteiger partial charge in [-0.25, -0.2) is 4.79 Å². The van der Waals surface area contributed by atoms with Gasteiger partial charge in [0.15, 0.2) is 0 Å². The number of H-pyrrole nitrogens is 1. The van der Waals surface area contributed by atoms with Crippen molar-refractivity contribution < 1.29 is 0 Å². The van der Waals surface area contributed by atoms with Crippen molar-refractivity contribution >= 4 is 11.6 Å². The number of hydrogen-bond donors (Lipinski definition) is 1. The summed E-state index contributed by atoms with van der Waals surface area (Å²) in [5.41, 5.74) is 1.12. The third-order valence-corrected chi connectivity index (χ3v) is 2.65. The first kappa shape index (κ1) is 11.7. The lowest BCUT2D eigenvalue weighted by Gasteiger charge is -2.04. The topological polar surface area (TPSA) is 54.9 Å². The molecule has 0 fully saturated rings. The van der Waals surface area contributed by atoms with Crippen LogP contribution in [0.2, 0.25) is 5.15 Å². The van der Waals surface area contributed by atoms with Crippen LogP contribution < -0.4 is 11.2 Å². The first-order valence-corrected chi connectivity index (χ1v) is 5.49. The fourth-order valence-electron chi connectivity index (χ4n) is 1.52. The Kier molecular flexibility index (Phi) is 3.15. The predicted molar refractivity (Wildman–Crippen MR) is 66.6 cm³/mol. The maximum atomic E-state index is 11.6. The third-order valence-electron chi connectivity index (χ3n) is 2.45. The molecule has 1 aromatic carbocycles. The lowest BCUT2D eigenvalue weighted by atomic mass is 10.1. The molecule has 0 radical (unpaired) electrons. The van der Waals surface area contributed by atoms with Gasteiger partial charge in [-0.3, -0.25) is 14.3 Å². The highest BCUT2D eigenvalue weighted by molar-refractivity contribution is 6.29. The Bertz CT molecular complexity index is 610. The summed E-state index contributed by atoms with van der Waals surface area (Å²) >= 11 is 5.58. The van der Waals surface area contributed by atoms with Crippen LogP contribution in [0.25, 0.3) is 0 Å². The van der Waals surface area contributed by atoms with Crippen LogP contribution in [0.3, 0.4) is 0 Å². The van der Waals surface area contributed by atoms with E-state index < -0.39 is 11.2 Å². The molecule has 4 nitrogen and oxygen atoms in total. The van der Waals surface area contributed by atoms with Gasteiger partial charge in [0, 0.05) is 6.07 Å². The maximum absolute atomic E-state index is 11.6. The molecule has 0 unspecified atom stereocenters. The Labute approximate surface area is 102 Å². The van der Waals surface area contributed by atoms with E-state index in [4.69, 9.17) is 11.6 Å². The molecule has 2 rings (SSSR count). The Morgan fingerprint density at radius 1 is 1.24 bits per heavy atom. The third kappa shape index (κ3) is 2.65. The molecule has 1 heterocycles. The molecule has 2 aromatic rings. The molecule has 0 aliphatic carbocycles. The van der Waals surface area contributed by atoms with E-state index in [-0.39, 0.29) is 11.7 Å². The number of aryl methyl sites for hydroxylation is 1. The van der Waals surface area contributed by atoms with Gasteiger partial charge in [0.05, 0.1) is 6.54 Å². The van der Waals surface area contributed by atoms with E-state index in [0.29, 0.717) is 0 Å². The van der Waals surface area contributed by atoms with Crippen LogP contribution in [-0.4, -0.2) is 9.55 Å². The van der Waals surface area contributed by atoms with Crippen LogP contribution in [0.15, 0.2) is 39.9 Å². The minimum atomic E-state index is -0.497. The van der Waals surface area contributed by atoms with Crippen LogP contribution in [0.1, 0.15) is 11.1 Å². The normalized spacial score (nSPS) is 10.5. The zero-order chi connectivity index (χ0) is 12.4. The van der Waals surface area contributed by atoms with Crippen molar-refractivity contribution in [3.8, 4) is 0 Å². The Morgan fingerprint density at radius 2 is 1.88 bits per heavy atom. The van der Waals surface area contributed by atoms with E-state index in [0.717, 1.165) is 15.7 Å². The average molecular weight is 251 g/mol. The van der Waals surface area contributed by atoms with Crippen molar-refractivity contribution in [2.75, 3.05) is 0 Å². The van der Waals surface area contributed by atoms with E-state index >= 15 is 0 Å². The van der Waals surface area contributed by atoms with Crippen molar-refractivity contribution in [3.63, 3.8) is 0 Å². The first-order chi connectivity index (χ1) is 8.06. The summed E-state index contributed by atoms with van der Waals surface area (Å²) in [5.74, 6) is 0. The molecular weight excluding hydrogens is 240 g/mol. The number of nitrogens with one attached hydrogen (secondary N) is 1. The second kappa shape index (κ2) is 4.59. The molecule has 1 aromatic heterocycles. The van der Waals surface area contributed by atoms with Crippen molar-refractivity contribution in [2.24, 2.45) is 0 Å². The van der Waals surface area contributed by atoms with Gasteiger partial charge in [0.25, 0.3) is 5.56 Å². The molecule has 0 aliphatic heterocycles. The highest BCUT2D eigenvalue weighted by atomic mass is 35.5. The van der Waals surface area contributed by atoms with Gasteiger partial charge in [-0.1, -0.05) is 41.4 Å². The fourth-order valence-corrected chi connectivity index (χ4v) is 1.69. The molecule has 1 N–H and O–H groups in total. The zero-order valence-corrected chi connectivity index (χ0v) is 9.99. The van der Waals surface area contributed by atoms with Gasteiger partial charge in [-0.05, 0) is 12.5 Å². The van der Waals surface area contributed by atoms with Crippen molar-refractivity contribution in [1.29, 1.82) is 0 Å². The highest BCUT2D eigenvalue weighted by Gasteiger charge is 2.03. The second-order valence-electron chi connectivity index (χ2n) is 3.83. The monoisotopic (exact) mass is 250 g/mol. The predicted octanol–water partition coefficient (Wildman–Crippen LogP) is 1.55. The molecule has 0 atom stereocenters. The number of benzene rings is 1. The van der Waals surface area contributed by atoms with Crippen LogP contribution in [0.5, 0.6) is 0 Å². The lowest BCUT2D eigenvalue weighted by Crippen LogP contribution is -2.34. The number of rotatable bonds is 2. The summed E-state index contributed by atoms with van der Waals surface area (Å²) in [5, 5.41) is 0.0557. The summed E-state index contributed by atoms with van der Waals surface area (Å²) in [4.78, 5) is 25.5. The van der Waals surface area contributed by atoms with Crippen molar-refractivity contribution in [3.05, 3.63) is 67.4 Å². The van der Waals surface area contributed by atoms with Gasteiger partial charge in [0.2, 0.25) is 0 Å². The van der Waals surface area contributed by atoms with Crippen LogP contribution in [0, 0.1) is 6.92 Å². The number of aromatic amines is 1. The Balaban J connectivity index is 2.40. The van der Waals surface area contributed by atoms with E-state index in [1.807, 2.05) is 31.2 Å². The quantitative estimate of drug-likeness (QED) is 0.822. The summed E-state index contributed by atoms with van der Waals surface area (Å²) in [6.45, 7) is 2.22. The van der Waals surface area contributed by atoms with Gasteiger partial charge >= 0.3 is 5.69 Å². The van der Waals surface area contributed by atoms with Gasteiger partial charge in [0.1, 0.15) is 5.15 Å². The van der Waals surface area contributed by atoms with Gasteiger partial charge in [-0.2, -0.15) is 0 Å². The zero-order valence-electron chi connectivity index (χ0n) is 9.24. The molecule has 88 valence electrons. The van der Waals surface area contributed by atoms with E-state index in [9.17, 15) is 9.59 Å². The van der Waals surface area contributed by atoms with Crippen LogP contribution in [-0.2, 0) is 6.54 Å². The largest absolute Gasteiger partial charge is 0.329 e. The molecule has 0 amide bonds. The molecule has 17 heavy (non-hydrogen) atoms. The highest BCUT2D eigenvalue weighted by Crippen LogP contribution is 2.03. The smallest absolute Gasteiger partial charge is 0.298 e. The fraction of sp³-hybridized carbons (Fsp3) is 0.167. The van der Waals surface area contributed by atoms with E-state index in [2.05, 4.69) is 4.98 Å². The minimum Gasteiger partial charge on any atom is -0.298 e.